The SMILES string of the molecule is CC1(C)[C@H]2CC[C@]1(C)N(Cc1cn(-c3ccccc3F)nn1)C(=O)C2. The molecule has 25 heavy (non-hydrogen) atoms. The van der Waals surface area contributed by atoms with Gasteiger partial charge in [-0.05, 0) is 43.2 Å². The number of benzene rings is 1. The number of rotatable bonds is 3. The van der Waals surface area contributed by atoms with Crippen LogP contribution in [0.1, 0.15) is 45.7 Å². The Morgan fingerprint density at radius 2 is 2.04 bits per heavy atom. The average molecular weight is 342 g/mol. The van der Waals surface area contributed by atoms with Gasteiger partial charge in [-0.15, -0.1) is 5.10 Å². The van der Waals surface area contributed by atoms with E-state index in [9.17, 15) is 9.18 Å². The first-order chi connectivity index (χ1) is 11.8. The number of carbonyl (C=O) groups excluding carboxylic acids is 1. The molecule has 132 valence electrons. The maximum atomic E-state index is 13.9. The van der Waals surface area contributed by atoms with Gasteiger partial charge in [-0.3, -0.25) is 4.79 Å². The Morgan fingerprint density at radius 1 is 1.28 bits per heavy atom. The summed E-state index contributed by atoms with van der Waals surface area (Å²) in [6.07, 6.45) is 4.42. The molecule has 2 aromatic rings. The summed E-state index contributed by atoms with van der Waals surface area (Å²) in [4.78, 5) is 14.7. The molecule has 2 atom stereocenters. The van der Waals surface area contributed by atoms with E-state index in [0.717, 1.165) is 12.8 Å². The summed E-state index contributed by atoms with van der Waals surface area (Å²) < 4.78 is 15.4. The van der Waals surface area contributed by atoms with E-state index in [1.165, 1.54) is 10.7 Å². The number of halogens is 1. The van der Waals surface area contributed by atoms with Gasteiger partial charge < -0.3 is 4.90 Å². The molecule has 2 aliphatic rings. The largest absolute Gasteiger partial charge is 0.331 e. The molecule has 0 N–H and O–H groups in total. The number of amides is 1. The Balaban J connectivity index is 1.62. The van der Waals surface area contributed by atoms with Crippen molar-refractivity contribution >= 4 is 5.91 Å². The normalized spacial score (nSPS) is 27.8. The first-order valence-electron chi connectivity index (χ1n) is 8.79. The van der Waals surface area contributed by atoms with Crippen LogP contribution in [0.2, 0.25) is 0 Å². The molecule has 1 saturated carbocycles. The Hall–Kier alpha value is -2.24. The summed E-state index contributed by atoms with van der Waals surface area (Å²) in [5.74, 6) is 0.292. The molecule has 2 bridgehead atoms. The van der Waals surface area contributed by atoms with Gasteiger partial charge in [0.15, 0.2) is 0 Å². The molecule has 2 heterocycles. The summed E-state index contributed by atoms with van der Waals surface area (Å²) in [5.41, 5.74) is 0.953. The predicted octanol–water partition coefficient (Wildman–Crippen LogP) is 3.33. The molecule has 5 nitrogen and oxygen atoms in total. The minimum atomic E-state index is -0.347. The molecule has 1 saturated heterocycles. The van der Waals surface area contributed by atoms with E-state index in [0.29, 0.717) is 30.3 Å². The molecule has 2 fully saturated rings. The van der Waals surface area contributed by atoms with Crippen LogP contribution in [0.4, 0.5) is 4.39 Å². The molecular formula is C19H23FN4O. The first kappa shape index (κ1) is 16.2. The van der Waals surface area contributed by atoms with Gasteiger partial charge in [0, 0.05) is 12.0 Å². The highest BCUT2D eigenvalue weighted by atomic mass is 19.1. The number of likely N-dealkylation sites (tertiary alicyclic amines) is 1. The molecule has 4 rings (SSSR count). The Kier molecular flexibility index (Phi) is 3.49. The maximum absolute atomic E-state index is 13.9. The second-order valence-corrected chi connectivity index (χ2v) is 8.02. The van der Waals surface area contributed by atoms with Gasteiger partial charge in [-0.25, -0.2) is 9.07 Å². The van der Waals surface area contributed by atoms with Crippen molar-refractivity contribution in [1.82, 2.24) is 19.9 Å². The molecule has 1 amide bonds. The summed E-state index contributed by atoms with van der Waals surface area (Å²) in [6, 6.07) is 6.46. The number of hydrogen-bond donors (Lipinski definition) is 0. The van der Waals surface area contributed by atoms with Crippen molar-refractivity contribution in [2.24, 2.45) is 11.3 Å². The lowest BCUT2D eigenvalue weighted by molar-refractivity contribution is -0.152. The van der Waals surface area contributed by atoms with Crippen LogP contribution in [-0.2, 0) is 11.3 Å². The number of aromatic nitrogens is 3. The third kappa shape index (κ3) is 2.30. The number of nitrogens with zero attached hydrogens (tertiary/aromatic N) is 4. The molecule has 1 aromatic carbocycles. The first-order valence-corrected chi connectivity index (χ1v) is 8.79. The van der Waals surface area contributed by atoms with Crippen LogP contribution in [0.3, 0.4) is 0 Å². The topological polar surface area (TPSA) is 51.0 Å². The molecule has 1 aliphatic heterocycles. The van der Waals surface area contributed by atoms with Gasteiger partial charge in [0.1, 0.15) is 17.2 Å². The maximum Gasteiger partial charge on any atom is 0.223 e. The van der Waals surface area contributed by atoms with E-state index < -0.39 is 0 Å². The van der Waals surface area contributed by atoms with Crippen LogP contribution in [0, 0.1) is 17.2 Å². The minimum Gasteiger partial charge on any atom is -0.331 e. The lowest BCUT2D eigenvalue weighted by Gasteiger charge is -2.52. The highest BCUT2D eigenvalue weighted by Gasteiger charge is 2.59. The van der Waals surface area contributed by atoms with Crippen LogP contribution < -0.4 is 0 Å². The van der Waals surface area contributed by atoms with Crippen molar-refractivity contribution in [2.45, 2.75) is 52.1 Å². The molecule has 1 aromatic heterocycles. The van der Waals surface area contributed by atoms with E-state index in [1.54, 1.807) is 24.4 Å². The zero-order chi connectivity index (χ0) is 17.8. The van der Waals surface area contributed by atoms with E-state index in [-0.39, 0.29) is 22.7 Å². The number of para-hydroxylation sites is 1. The number of carbonyl (C=O) groups is 1. The summed E-state index contributed by atoms with van der Waals surface area (Å²) in [6.45, 7) is 7.13. The van der Waals surface area contributed by atoms with Crippen LogP contribution in [0.15, 0.2) is 30.5 Å². The van der Waals surface area contributed by atoms with E-state index in [4.69, 9.17) is 0 Å². The fraction of sp³-hybridized carbons (Fsp3) is 0.526. The van der Waals surface area contributed by atoms with E-state index >= 15 is 0 Å². The van der Waals surface area contributed by atoms with Gasteiger partial charge in [-0.2, -0.15) is 0 Å². The van der Waals surface area contributed by atoms with Crippen molar-refractivity contribution in [1.29, 1.82) is 0 Å². The summed E-state index contributed by atoms with van der Waals surface area (Å²) in [5, 5.41) is 8.22. The highest BCUT2D eigenvalue weighted by molar-refractivity contribution is 5.79. The fourth-order valence-electron chi connectivity index (χ4n) is 4.57. The fourth-order valence-corrected chi connectivity index (χ4v) is 4.57. The lowest BCUT2D eigenvalue weighted by atomic mass is 9.66. The summed E-state index contributed by atoms with van der Waals surface area (Å²) in [7, 11) is 0. The van der Waals surface area contributed by atoms with Crippen LogP contribution in [-0.4, -0.2) is 31.3 Å². The molecule has 1 aliphatic carbocycles. The van der Waals surface area contributed by atoms with Gasteiger partial charge in [0.25, 0.3) is 0 Å². The van der Waals surface area contributed by atoms with Crippen molar-refractivity contribution in [2.75, 3.05) is 0 Å². The minimum absolute atomic E-state index is 0.0858. The second kappa shape index (κ2) is 5.38. The molecule has 6 heteroatoms. The Morgan fingerprint density at radius 3 is 2.80 bits per heavy atom. The zero-order valence-corrected chi connectivity index (χ0v) is 14.9. The van der Waals surface area contributed by atoms with E-state index in [1.807, 2.05) is 4.90 Å². The number of fused-ring (bicyclic) bond motifs is 2. The second-order valence-electron chi connectivity index (χ2n) is 8.02. The van der Waals surface area contributed by atoms with Gasteiger partial charge in [0.2, 0.25) is 5.91 Å². The molecular weight excluding hydrogens is 319 g/mol. The third-order valence-corrected chi connectivity index (χ3v) is 6.67. The smallest absolute Gasteiger partial charge is 0.223 e. The lowest BCUT2D eigenvalue weighted by Crippen LogP contribution is -2.60. The van der Waals surface area contributed by atoms with Crippen molar-refractivity contribution in [3.05, 3.63) is 42.0 Å². The van der Waals surface area contributed by atoms with Gasteiger partial charge in [-0.1, -0.05) is 31.2 Å². The molecule has 0 radical (unpaired) electrons. The van der Waals surface area contributed by atoms with Crippen LogP contribution >= 0.6 is 0 Å². The number of hydrogen-bond acceptors (Lipinski definition) is 3. The average Bonchev–Trinajstić information content (AvgIpc) is 3.07. The highest BCUT2D eigenvalue weighted by Crippen LogP contribution is 2.57. The van der Waals surface area contributed by atoms with Crippen molar-refractivity contribution < 1.29 is 9.18 Å². The predicted molar refractivity (Wildman–Crippen MR) is 91.4 cm³/mol. The zero-order valence-electron chi connectivity index (χ0n) is 14.9. The molecule has 0 spiro atoms. The molecule has 0 unspecified atom stereocenters. The monoisotopic (exact) mass is 342 g/mol. The van der Waals surface area contributed by atoms with Crippen LogP contribution in [0.5, 0.6) is 0 Å². The Bertz CT molecular complexity index is 830. The standard InChI is InChI=1S/C19H23FN4O/c1-18(2)13-8-9-19(18,3)23(17(25)10-13)11-14-12-24(22-21-14)16-7-5-4-6-15(16)20/h4-7,12-13H,8-11H2,1-3H3/t13-,19-/m0/s1. The summed E-state index contributed by atoms with van der Waals surface area (Å²) >= 11 is 0. The van der Waals surface area contributed by atoms with Gasteiger partial charge in [0.05, 0.1) is 12.7 Å². The van der Waals surface area contributed by atoms with Gasteiger partial charge >= 0.3 is 0 Å². The number of piperidine rings is 1. The van der Waals surface area contributed by atoms with Crippen molar-refractivity contribution in [3.63, 3.8) is 0 Å². The van der Waals surface area contributed by atoms with Crippen LogP contribution in [0.25, 0.3) is 5.69 Å². The quantitative estimate of drug-likeness (QED) is 0.860. The third-order valence-electron chi connectivity index (χ3n) is 6.67. The van der Waals surface area contributed by atoms with E-state index in [2.05, 4.69) is 31.1 Å². The Labute approximate surface area is 146 Å². The van der Waals surface area contributed by atoms with Crippen molar-refractivity contribution in [3.8, 4) is 5.69 Å².